The molecular formula is C35H44O4S. The van der Waals surface area contributed by atoms with Gasteiger partial charge >= 0.3 is 5.97 Å². The maximum Gasteiger partial charge on any atom is 0.337 e. The molecule has 1 aromatic heterocycles. The lowest BCUT2D eigenvalue weighted by molar-refractivity contribution is -0.119. The van der Waals surface area contributed by atoms with E-state index in [4.69, 9.17) is 9.47 Å². The molecule has 40 heavy (non-hydrogen) atoms. The average molecular weight is 561 g/mol. The fourth-order valence-electron chi connectivity index (χ4n) is 4.80. The lowest BCUT2D eigenvalue weighted by Crippen LogP contribution is -2.05. The van der Waals surface area contributed by atoms with Crippen LogP contribution in [0.3, 0.4) is 0 Å². The summed E-state index contributed by atoms with van der Waals surface area (Å²) in [5.41, 5.74) is 2.83. The van der Waals surface area contributed by atoms with E-state index in [2.05, 4.69) is 42.7 Å². The SMILES string of the molecule is CCCC(=O)CCCCC(/C=C/c1ccccc1OCCCCCc1cccs1)Cc1ccc(C(=O)OC)cc1. The van der Waals surface area contributed by atoms with E-state index >= 15 is 0 Å². The van der Waals surface area contributed by atoms with Gasteiger partial charge in [-0.15, -0.1) is 11.3 Å². The Kier molecular flexibility index (Phi) is 14.3. The predicted octanol–water partition coefficient (Wildman–Crippen LogP) is 9.13. The fourth-order valence-corrected chi connectivity index (χ4v) is 5.55. The molecule has 0 aliphatic heterocycles. The maximum atomic E-state index is 12.0. The van der Waals surface area contributed by atoms with Gasteiger partial charge in [0, 0.05) is 23.3 Å². The molecule has 5 heteroatoms. The molecule has 0 amide bonds. The van der Waals surface area contributed by atoms with Gasteiger partial charge in [-0.05, 0) is 92.5 Å². The molecule has 1 heterocycles. The molecule has 0 radical (unpaired) electrons. The number of methoxy groups -OCH3 is 1. The number of hydrogen-bond acceptors (Lipinski definition) is 5. The Morgan fingerprint density at radius 1 is 0.900 bits per heavy atom. The Morgan fingerprint density at radius 3 is 2.48 bits per heavy atom. The lowest BCUT2D eigenvalue weighted by Gasteiger charge is -2.14. The van der Waals surface area contributed by atoms with E-state index in [1.54, 1.807) is 0 Å². The van der Waals surface area contributed by atoms with Crippen molar-refractivity contribution in [2.45, 2.75) is 77.6 Å². The number of rotatable bonds is 19. The number of thiophene rings is 1. The van der Waals surface area contributed by atoms with Crippen LogP contribution in [0.15, 0.2) is 72.1 Å². The van der Waals surface area contributed by atoms with Crippen molar-refractivity contribution in [1.29, 1.82) is 0 Å². The van der Waals surface area contributed by atoms with E-state index < -0.39 is 0 Å². The number of carbonyl (C=O) groups is 2. The second-order valence-corrected chi connectivity index (χ2v) is 11.4. The first kappa shape index (κ1) is 31.3. The first-order valence-electron chi connectivity index (χ1n) is 14.7. The highest BCUT2D eigenvalue weighted by molar-refractivity contribution is 7.09. The van der Waals surface area contributed by atoms with Gasteiger partial charge in [-0.2, -0.15) is 0 Å². The second-order valence-electron chi connectivity index (χ2n) is 10.3. The van der Waals surface area contributed by atoms with Gasteiger partial charge in [0.1, 0.15) is 11.5 Å². The normalized spacial score (nSPS) is 11.9. The molecule has 0 aliphatic rings. The largest absolute Gasteiger partial charge is 0.493 e. The van der Waals surface area contributed by atoms with E-state index in [1.165, 1.54) is 24.0 Å². The van der Waals surface area contributed by atoms with Crippen LogP contribution >= 0.6 is 11.3 Å². The molecule has 214 valence electrons. The molecule has 0 spiro atoms. The molecule has 0 bridgehead atoms. The smallest absolute Gasteiger partial charge is 0.337 e. The minimum absolute atomic E-state index is 0.315. The third-order valence-electron chi connectivity index (χ3n) is 7.05. The van der Waals surface area contributed by atoms with Crippen LogP contribution in [0, 0.1) is 5.92 Å². The van der Waals surface area contributed by atoms with Crippen LogP contribution in [0.1, 0.15) is 91.1 Å². The van der Waals surface area contributed by atoms with Crippen molar-refractivity contribution in [1.82, 2.24) is 0 Å². The highest BCUT2D eigenvalue weighted by atomic mass is 32.1. The summed E-state index contributed by atoms with van der Waals surface area (Å²) >= 11 is 1.83. The number of allylic oxidation sites excluding steroid dienone is 1. The van der Waals surface area contributed by atoms with Crippen LogP contribution in [0.4, 0.5) is 0 Å². The number of esters is 1. The summed E-state index contributed by atoms with van der Waals surface area (Å²) in [6.45, 7) is 2.77. The highest BCUT2D eigenvalue weighted by Gasteiger charge is 2.11. The number of para-hydroxylation sites is 1. The summed E-state index contributed by atoms with van der Waals surface area (Å²) in [4.78, 5) is 25.2. The van der Waals surface area contributed by atoms with Crippen LogP contribution in [-0.2, 0) is 22.4 Å². The second kappa shape index (κ2) is 18.2. The van der Waals surface area contributed by atoms with Gasteiger partial charge in [0.15, 0.2) is 0 Å². The number of unbranched alkanes of at least 4 members (excludes halogenated alkanes) is 3. The summed E-state index contributed by atoms with van der Waals surface area (Å²) in [5, 5.41) is 2.14. The van der Waals surface area contributed by atoms with Crippen molar-refractivity contribution in [3.63, 3.8) is 0 Å². The molecule has 4 nitrogen and oxygen atoms in total. The van der Waals surface area contributed by atoms with Gasteiger partial charge in [-0.3, -0.25) is 4.79 Å². The quantitative estimate of drug-likeness (QED) is 0.108. The summed E-state index contributed by atoms with van der Waals surface area (Å²) < 4.78 is 11.0. The van der Waals surface area contributed by atoms with Crippen molar-refractivity contribution in [2.24, 2.45) is 5.92 Å². The number of carbonyl (C=O) groups excluding carboxylic acids is 2. The minimum atomic E-state index is -0.321. The zero-order valence-corrected chi connectivity index (χ0v) is 24.9. The molecule has 3 aromatic rings. The van der Waals surface area contributed by atoms with E-state index in [-0.39, 0.29) is 5.97 Å². The van der Waals surface area contributed by atoms with Crippen molar-refractivity contribution in [2.75, 3.05) is 13.7 Å². The number of aryl methyl sites for hydroxylation is 1. The third-order valence-corrected chi connectivity index (χ3v) is 7.99. The van der Waals surface area contributed by atoms with E-state index in [0.717, 1.165) is 69.3 Å². The van der Waals surface area contributed by atoms with Crippen molar-refractivity contribution in [3.05, 3.63) is 93.7 Å². The summed E-state index contributed by atoms with van der Waals surface area (Å²) in [6, 6.07) is 20.2. The standard InChI is InChI=1S/C35H44O4S/c1-3-12-32(36)15-8-6-13-28(27-29-20-23-31(24-21-29)35(37)38-2)19-22-30-14-7-9-18-34(30)39-25-10-4-5-16-33-17-11-26-40-33/h7,9,11,14,17-24,26,28H,3-6,8,10,12-13,15-16,25,27H2,1-2H3/b22-19+. The zero-order valence-electron chi connectivity index (χ0n) is 24.1. The van der Waals surface area contributed by atoms with Crippen molar-refractivity contribution in [3.8, 4) is 5.75 Å². The number of ether oxygens (including phenoxy) is 2. The molecule has 2 aromatic carbocycles. The number of Topliss-reactive ketones (excluding diaryl/α,β-unsaturated/α-hetero) is 1. The number of benzene rings is 2. The Hall–Kier alpha value is -3.18. The van der Waals surface area contributed by atoms with Gasteiger partial charge in [-0.25, -0.2) is 4.79 Å². The topological polar surface area (TPSA) is 52.6 Å². The van der Waals surface area contributed by atoms with Crippen LogP contribution in [0.2, 0.25) is 0 Å². The van der Waals surface area contributed by atoms with Crippen molar-refractivity contribution < 1.29 is 19.1 Å². The Balaban J connectivity index is 1.57. The summed E-state index contributed by atoms with van der Waals surface area (Å²) in [7, 11) is 1.40. The van der Waals surface area contributed by atoms with E-state index in [0.29, 0.717) is 30.1 Å². The zero-order chi connectivity index (χ0) is 28.4. The minimum Gasteiger partial charge on any atom is -0.493 e. The lowest BCUT2D eigenvalue weighted by atomic mass is 9.92. The average Bonchev–Trinajstić information content (AvgIpc) is 3.50. The van der Waals surface area contributed by atoms with Crippen LogP contribution < -0.4 is 4.74 Å². The fraction of sp³-hybridized carbons (Fsp3) is 0.429. The summed E-state index contributed by atoms with van der Waals surface area (Å²) in [6.07, 6.45) is 15.1. The monoisotopic (exact) mass is 560 g/mol. The number of ketones is 1. The molecule has 0 saturated carbocycles. The van der Waals surface area contributed by atoms with Crippen LogP contribution in [0.25, 0.3) is 6.08 Å². The Labute approximate surface area is 244 Å². The molecule has 0 N–H and O–H groups in total. The van der Waals surface area contributed by atoms with Gasteiger partial charge < -0.3 is 9.47 Å². The van der Waals surface area contributed by atoms with Gasteiger partial charge in [-0.1, -0.05) is 61.9 Å². The first-order chi connectivity index (χ1) is 19.6. The van der Waals surface area contributed by atoms with Gasteiger partial charge in [0.05, 0.1) is 19.3 Å². The highest BCUT2D eigenvalue weighted by Crippen LogP contribution is 2.24. The summed E-state index contributed by atoms with van der Waals surface area (Å²) in [5.74, 6) is 1.28. The van der Waals surface area contributed by atoms with Gasteiger partial charge in [0.2, 0.25) is 0 Å². The molecule has 0 aliphatic carbocycles. The van der Waals surface area contributed by atoms with E-state index in [9.17, 15) is 9.59 Å². The van der Waals surface area contributed by atoms with Crippen LogP contribution in [0.5, 0.6) is 5.75 Å². The molecule has 0 saturated heterocycles. The van der Waals surface area contributed by atoms with Crippen LogP contribution in [-0.4, -0.2) is 25.5 Å². The molecular weight excluding hydrogens is 516 g/mol. The molecule has 1 atom stereocenters. The first-order valence-corrected chi connectivity index (χ1v) is 15.6. The van der Waals surface area contributed by atoms with Crippen molar-refractivity contribution >= 4 is 29.2 Å². The predicted molar refractivity (Wildman–Crippen MR) is 166 cm³/mol. The molecule has 0 fully saturated rings. The number of hydrogen-bond donors (Lipinski definition) is 0. The maximum absolute atomic E-state index is 12.0. The van der Waals surface area contributed by atoms with Gasteiger partial charge in [0.25, 0.3) is 0 Å². The Bertz CT molecular complexity index is 1160. The third kappa shape index (κ3) is 11.5. The van der Waals surface area contributed by atoms with E-state index in [1.807, 2.05) is 53.8 Å². The Morgan fingerprint density at radius 2 is 1.73 bits per heavy atom. The molecule has 3 rings (SSSR count). The molecule has 1 unspecified atom stereocenters.